The first-order chi connectivity index (χ1) is 20.5. The van der Waals surface area contributed by atoms with Gasteiger partial charge < -0.3 is 20.5 Å². The number of rotatable bonds is 16. The quantitative estimate of drug-likeness (QED) is 0.212. The molecule has 0 bridgehead atoms. The van der Waals surface area contributed by atoms with Gasteiger partial charge in [-0.25, -0.2) is 9.78 Å². The van der Waals surface area contributed by atoms with Crippen LogP contribution in [-0.2, 0) is 27.8 Å². The standard InChI is InChI=1S/C34H42N4O4/c39-32(40)30(37-33(41)34(19-20-34)27-11-3-1-4-12-27)18-23-38(24-25-42-29-14-5-2-6-15-29)22-8-7-13-28-17-16-26-10-9-21-35-31(26)36-28/h1-6,11-12,14-17,30H,7-10,13,18-25H2,(H,35,36)(H,37,41)(H,39,40). The Morgan fingerprint density at radius 2 is 1.74 bits per heavy atom. The third-order valence-electron chi connectivity index (χ3n) is 8.38. The third-order valence-corrected chi connectivity index (χ3v) is 8.38. The summed E-state index contributed by atoms with van der Waals surface area (Å²) in [4.78, 5) is 32.5. The van der Waals surface area contributed by atoms with Crippen LogP contribution in [0.3, 0.4) is 0 Å². The van der Waals surface area contributed by atoms with E-state index < -0.39 is 17.4 Å². The average Bonchev–Trinajstić information content (AvgIpc) is 3.84. The highest BCUT2D eigenvalue weighted by molar-refractivity contribution is 5.94. The van der Waals surface area contributed by atoms with Crippen LogP contribution < -0.4 is 15.4 Å². The molecular weight excluding hydrogens is 528 g/mol. The molecule has 0 spiro atoms. The first-order valence-electron chi connectivity index (χ1n) is 15.3. The van der Waals surface area contributed by atoms with Crippen molar-refractivity contribution in [3.63, 3.8) is 0 Å². The van der Waals surface area contributed by atoms with E-state index in [1.54, 1.807) is 0 Å². The van der Waals surface area contributed by atoms with Crippen LogP contribution in [0, 0.1) is 0 Å². The van der Waals surface area contributed by atoms with Crippen molar-refractivity contribution in [2.24, 2.45) is 0 Å². The fraction of sp³-hybridized carbons (Fsp3) is 0.441. The molecule has 42 heavy (non-hydrogen) atoms. The number of unbranched alkanes of at least 4 members (excludes halogenated alkanes) is 1. The van der Waals surface area contributed by atoms with Crippen molar-refractivity contribution >= 4 is 17.7 Å². The molecule has 222 valence electrons. The van der Waals surface area contributed by atoms with Crippen LogP contribution in [0.4, 0.5) is 5.82 Å². The summed E-state index contributed by atoms with van der Waals surface area (Å²) in [5.41, 5.74) is 2.75. The summed E-state index contributed by atoms with van der Waals surface area (Å²) in [6.07, 6.45) is 6.90. The highest BCUT2D eigenvalue weighted by atomic mass is 16.5. The smallest absolute Gasteiger partial charge is 0.326 e. The van der Waals surface area contributed by atoms with Gasteiger partial charge in [-0.05, 0) is 87.2 Å². The first kappa shape index (κ1) is 29.6. The van der Waals surface area contributed by atoms with Crippen molar-refractivity contribution in [2.75, 3.05) is 38.1 Å². The van der Waals surface area contributed by atoms with Crippen LogP contribution >= 0.6 is 0 Å². The maximum atomic E-state index is 13.2. The highest BCUT2D eigenvalue weighted by Crippen LogP contribution is 2.48. The molecule has 0 radical (unpaired) electrons. The van der Waals surface area contributed by atoms with Gasteiger partial charge in [-0.1, -0.05) is 54.6 Å². The van der Waals surface area contributed by atoms with Gasteiger partial charge in [-0.15, -0.1) is 0 Å². The summed E-state index contributed by atoms with van der Waals surface area (Å²) in [5.74, 6) is 0.656. The van der Waals surface area contributed by atoms with Crippen LogP contribution in [0.1, 0.15) is 55.3 Å². The van der Waals surface area contributed by atoms with E-state index >= 15 is 0 Å². The van der Waals surface area contributed by atoms with Gasteiger partial charge >= 0.3 is 5.97 Å². The van der Waals surface area contributed by atoms with E-state index in [0.717, 1.165) is 80.9 Å². The summed E-state index contributed by atoms with van der Waals surface area (Å²) >= 11 is 0. The van der Waals surface area contributed by atoms with Crippen molar-refractivity contribution in [1.29, 1.82) is 0 Å². The number of hydrogen-bond acceptors (Lipinski definition) is 6. The zero-order chi connectivity index (χ0) is 29.2. The minimum Gasteiger partial charge on any atom is -0.492 e. The Hall–Kier alpha value is -3.91. The molecule has 1 aliphatic carbocycles. The first-order valence-corrected chi connectivity index (χ1v) is 15.3. The van der Waals surface area contributed by atoms with Gasteiger partial charge in [0.05, 0.1) is 5.41 Å². The highest BCUT2D eigenvalue weighted by Gasteiger charge is 2.51. The Labute approximate surface area is 248 Å². The molecule has 1 fully saturated rings. The SMILES string of the molecule is O=C(O)C(CCN(CCCCc1ccc2c(n1)NCCC2)CCOc1ccccc1)NC(=O)C1(c2ccccc2)CC1. The van der Waals surface area contributed by atoms with Crippen LogP contribution in [0.25, 0.3) is 0 Å². The molecule has 1 saturated carbocycles. The van der Waals surface area contributed by atoms with Crippen molar-refractivity contribution in [3.05, 3.63) is 89.6 Å². The minimum absolute atomic E-state index is 0.188. The van der Waals surface area contributed by atoms with Crippen molar-refractivity contribution in [1.82, 2.24) is 15.2 Å². The minimum atomic E-state index is -1.00. The summed E-state index contributed by atoms with van der Waals surface area (Å²) in [5, 5.41) is 16.2. The number of carboxylic acid groups (broad SMARTS) is 1. The number of ether oxygens (including phenoxy) is 1. The zero-order valence-corrected chi connectivity index (χ0v) is 24.3. The van der Waals surface area contributed by atoms with Crippen molar-refractivity contribution in [3.8, 4) is 5.75 Å². The van der Waals surface area contributed by atoms with E-state index in [2.05, 4.69) is 27.7 Å². The number of aliphatic carboxylic acids is 1. The Morgan fingerprint density at radius 1 is 0.976 bits per heavy atom. The lowest BCUT2D eigenvalue weighted by Crippen LogP contribution is -2.47. The largest absolute Gasteiger partial charge is 0.492 e. The molecule has 3 N–H and O–H groups in total. The Bertz CT molecular complexity index is 1310. The number of aryl methyl sites for hydroxylation is 2. The molecule has 2 aromatic carbocycles. The van der Waals surface area contributed by atoms with Gasteiger partial charge in [-0.2, -0.15) is 0 Å². The number of fused-ring (bicyclic) bond motifs is 1. The average molecular weight is 571 g/mol. The van der Waals surface area contributed by atoms with Gasteiger partial charge in [-0.3, -0.25) is 9.69 Å². The number of anilines is 1. The molecule has 1 aliphatic heterocycles. The fourth-order valence-electron chi connectivity index (χ4n) is 5.69. The number of carbonyl (C=O) groups excluding carboxylic acids is 1. The predicted octanol–water partition coefficient (Wildman–Crippen LogP) is 4.83. The Kier molecular flexibility index (Phi) is 10.1. The molecular formula is C34H42N4O4. The number of aromatic nitrogens is 1. The van der Waals surface area contributed by atoms with Gasteiger partial charge in [0.15, 0.2) is 0 Å². The molecule has 0 saturated heterocycles. The molecule has 2 heterocycles. The van der Waals surface area contributed by atoms with Crippen LogP contribution in [0.15, 0.2) is 72.8 Å². The van der Waals surface area contributed by atoms with E-state index in [0.29, 0.717) is 26.1 Å². The Morgan fingerprint density at radius 3 is 2.48 bits per heavy atom. The third kappa shape index (κ3) is 7.88. The summed E-state index contributed by atoms with van der Waals surface area (Å²) in [7, 11) is 0. The second-order valence-corrected chi connectivity index (χ2v) is 11.4. The molecule has 1 aromatic heterocycles. The number of para-hydroxylation sites is 1. The van der Waals surface area contributed by atoms with Crippen molar-refractivity contribution < 1.29 is 19.4 Å². The van der Waals surface area contributed by atoms with E-state index in [4.69, 9.17) is 9.72 Å². The predicted molar refractivity (Wildman–Crippen MR) is 164 cm³/mol. The molecule has 3 aromatic rings. The lowest BCUT2D eigenvalue weighted by atomic mass is 9.94. The van der Waals surface area contributed by atoms with Gasteiger partial charge in [0.1, 0.15) is 24.2 Å². The van der Waals surface area contributed by atoms with Crippen molar-refractivity contribution in [2.45, 2.75) is 62.8 Å². The zero-order valence-electron chi connectivity index (χ0n) is 24.3. The topological polar surface area (TPSA) is 104 Å². The molecule has 1 amide bonds. The number of amides is 1. The number of nitrogens with zero attached hydrogens (tertiary/aromatic N) is 2. The van der Waals surface area contributed by atoms with E-state index in [1.165, 1.54) is 5.56 Å². The van der Waals surface area contributed by atoms with Gasteiger partial charge in [0, 0.05) is 25.3 Å². The molecule has 8 nitrogen and oxygen atoms in total. The Balaban J connectivity index is 1.14. The molecule has 2 aliphatic rings. The normalized spacial score (nSPS) is 15.7. The summed E-state index contributed by atoms with van der Waals surface area (Å²) in [6, 6.07) is 22.8. The van der Waals surface area contributed by atoms with E-state index in [-0.39, 0.29) is 5.91 Å². The van der Waals surface area contributed by atoms with Gasteiger partial charge in [0.2, 0.25) is 5.91 Å². The monoisotopic (exact) mass is 570 g/mol. The second kappa shape index (κ2) is 14.3. The van der Waals surface area contributed by atoms with Crippen LogP contribution in [0.2, 0.25) is 0 Å². The number of nitrogens with one attached hydrogen (secondary N) is 2. The number of carboxylic acids is 1. The lowest BCUT2D eigenvalue weighted by molar-refractivity contribution is -0.142. The number of benzene rings is 2. The summed E-state index contributed by atoms with van der Waals surface area (Å²) < 4.78 is 5.94. The molecule has 8 heteroatoms. The van der Waals surface area contributed by atoms with Crippen LogP contribution in [0.5, 0.6) is 5.75 Å². The van der Waals surface area contributed by atoms with Gasteiger partial charge in [0.25, 0.3) is 0 Å². The number of pyridine rings is 1. The molecule has 1 unspecified atom stereocenters. The van der Waals surface area contributed by atoms with Crippen LogP contribution in [-0.4, -0.2) is 65.7 Å². The number of hydrogen-bond donors (Lipinski definition) is 3. The second-order valence-electron chi connectivity index (χ2n) is 11.4. The van der Waals surface area contributed by atoms with E-state index in [1.807, 2.05) is 60.7 Å². The van der Waals surface area contributed by atoms with E-state index in [9.17, 15) is 14.7 Å². The molecule has 5 rings (SSSR count). The maximum absolute atomic E-state index is 13.2. The number of carbonyl (C=O) groups is 2. The molecule has 1 atom stereocenters. The fourth-order valence-corrected chi connectivity index (χ4v) is 5.69. The summed E-state index contributed by atoms with van der Waals surface area (Å²) in [6.45, 7) is 3.52. The lowest BCUT2D eigenvalue weighted by Gasteiger charge is -2.25. The maximum Gasteiger partial charge on any atom is 0.326 e.